The zero-order valence-corrected chi connectivity index (χ0v) is 10.3. The van der Waals surface area contributed by atoms with E-state index in [-0.39, 0.29) is 18.5 Å². The molecule has 1 aromatic heterocycles. The first-order valence-electron chi connectivity index (χ1n) is 5.89. The lowest BCUT2D eigenvalue weighted by molar-refractivity contribution is -0.137. The maximum absolute atomic E-state index is 11.6. The second-order valence-electron chi connectivity index (χ2n) is 4.04. The van der Waals surface area contributed by atoms with E-state index in [4.69, 9.17) is 9.52 Å². The van der Waals surface area contributed by atoms with Gasteiger partial charge in [0.2, 0.25) is 0 Å². The van der Waals surface area contributed by atoms with E-state index in [0.717, 1.165) is 12.0 Å². The van der Waals surface area contributed by atoms with Gasteiger partial charge in [-0.05, 0) is 12.5 Å². The van der Waals surface area contributed by atoms with Gasteiger partial charge in [0, 0.05) is 18.2 Å². The summed E-state index contributed by atoms with van der Waals surface area (Å²) in [4.78, 5) is 22.2. The van der Waals surface area contributed by atoms with Crippen LogP contribution in [0.15, 0.2) is 23.0 Å². The standard InChI is InChI=1S/C12H18N2O4/c1-2-3-10(6-11(15)16)14-12(17)13-7-9-4-5-18-8-9/h4-5,8,10H,2-3,6-7H2,1H3,(H,15,16)(H2,13,14,17). The highest BCUT2D eigenvalue weighted by Crippen LogP contribution is 2.02. The highest BCUT2D eigenvalue weighted by atomic mass is 16.4. The number of carboxylic acid groups (broad SMARTS) is 1. The van der Waals surface area contributed by atoms with E-state index in [9.17, 15) is 9.59 Å². The van der Waals surface area contributed by atoms with Gasteiger partial charge in [-0.1, -0.05) is 13.3 Å². The Morgan fingerprint density at radius 1 is 1.50 bits per heavy atom. The smallest absolute Gasteiger partial charge is 0.315 e. The van der Waals surface area contributed by atoms with Gasteiger partial charge in [0.15, 0.2) is 0 Å². The van der Waals surface area contributed by atoms with Gasteiger partial charge in [-0.25, -0.2) is 4.79 Å². The van der Waals surface area contributed by atoms with Crippen LogP contribution in [0.5, 0.6) is 0 Å². The van der Waals surface area contributed by atoms with Gasteiger partial charge in [0.25, 0.3) is 0 Å². The largest absolute Gasteiger partial charge is 0.481 e. The van der Waals surface area contributed by atoms with Crippen molar-refractivity contribution in [2.24, 2.45) is 0 Å². The predicted molar refractivity (Wildman–Crippen MR) is 65.0 cm³/mol. The van der Waals surface area contributed by atoms with Gasteiger partial charge in [-0.2, -0.15) is 0 Å². The van der Waals surface area contributed by atoms with Gasteiger partial charge in [0.1, 0.15) is 0 Å². The number of hydrogen-bond donors (Lipinski definition) is 3. The second-order valence-corrected chi connectivity index (χ2v) is 4.04. The van der Waals surface area contributed by atoms with Gasteiger partial charge in [0.05, 0.1) is 18.9 Å². The number of carboxylic acids is 1. The number of nitrogens with one attached hydrogen (secondary N) is 2. The summed E-state index contributed by atoms with van der Waals surface area (Å²) < 4.78 is 4.87. The topological polar surface area (TPSA) is 91.6 Å². The molecule has 1 unspecified atom stereocenters. The minimum Gasteiger partial charge on any atom is -0.481 e. The van der Waals surface area contributed by atoms with Gasteiger partial charge >= 0.3 is 12.0 Å². The lowest BCUT2D eigenvalue weighted by Gasteiger charge is -2.16. The summed E-state index contributed by atoms with van der Waals surface area (Å²) in [6.45, 7) is 2.30. The molecule has 3 N–H and O–H groups in total. The molecule has 0 saturated carbocycles. The molecule has 1 aromatic rings. The van der Waals surface area contributed by atoms with Crippen LogP contribution in [0.1, 0.15) is 31.7 Å². The summed E-state index contributed by atoms with van der Waals surface area (Å²) >= 11 is 0. The van der Waals surface area contributed by atoms with E-state index in [1.54, 1.807) is 12.3 Å². The molecule has 100 valence electrons. The molecule has 0 aliphatic heterocycles. The summed E-state index contributed by atoms with van der Waals surface area (Å²) in [6.07, 6.45) is 4.47. The van der Waals surface area contributed by atoms with E-state index >= 15 is 0 Å². The molecule has 1 atom stereocenters. The SMILES string of the molecule is CCCC(CC(=O)O)NC(=O)NCc1ccoc1. The molecule has 0 aliphatic carbocycles. The number of carbonyl (C=O) groups is 2. The number of amides is 2. The van der Waals surface area contributed by atoms with Crippen LogP contribution >= 0.6 is 0 Å². The summed E-state index contributed by atoms with van der Waals surface area (Å²) in [7, 11) is 0. The van der Waals surface area contributed by atoms with Crippen molar-refractivity contribution in [3.8, 4) is 0 Å². The molecule has 1 heterocycles. The van der Waals surface area contributed by atoms with E-state index in [2.05, 4.69) is 10.6 Å². The zero-order chi connectivity index (χ0) is 13.4. The normalized spacial score (nSPS) is 11.8. The highest BCUT2D eigenvalue weighted by Gasteiger charge is 2.14. The average Bonchev–Trinajstić information content (AvgIpc) is 2.78. The van der Waals surface area contributed by atoms with Crippen molar-refractivity contribution >= 4 is 12.0 Å². The maximum atomic E-state index is 11.6. The van der Waals surface area contributed by atoms with Crippen LogP contribution in [0.4, 0.5) is 4.79 Å². The van der Waals surface area contributed by atoms with E-state index in [0.29, 0.717) is 13.0 Å². The average molecular weight is 254 g/mol. The predicted octanol–water partition coefficient (Wildman–Crippen LogP) is 1.72. The fourth-order valence-corrected chi connectivity index (χ4v) is 1.60. The quantitative estimate of drug-likeness (QED) is 0.691. The zero-order valence-electron chi connectivity index (χ0n) is 10.3. The monoisotopic (exact) mass is 254 g/mol. The Morgan fingerprint density at radius 2 is 2.28 bits per heavy atom. The van der Waals surface area contributed by atoms with Crippen LogP contribution in [0, 0.1) is 0 Å². The summed E-state index contributed by atoms with van der Waals surface area (Å²) in [5.41, 5.74) is 0.857. The highest BCUT2D eigenvalue weighted by molar-refractivity contribution is 5.75. The van der Waals surface area contributed by atoms with Crippen molar-refractivity contribution in [2.75, 3.05) is 0 Å². The van der Waals surface area contributed by atoms with Crippen LogP contribution in [0.25, 0.3) is 0 Å². The molecule has 0 fully saturated rings. The molecule has 1 rings (SSSR count). The summed E-state index contributed by atoms with van der Waals surface area (Å²) in [6, 6.07) is 1.05. The first-order valence-corrected chi connectivity index (χ1v) is 5.89. The Hall–Kier alpha value is -1.98. The second kappa shape index (κ2) is 7.37. The molecule has 6 nitrogen and oxygen atoms in total. The molecule has 18 heavy (non-hydrogen) atoms. The Balaban J connectivity index is 2.33. The van der Waals surface area contributed by atoms with Crippen molar-refractivity contribution in [3.05, 3.63) is 24.2 Å². The van der Waals surface area contributed by atoms with E-state index < -0.39 is 5.97 Å². The fourth-order valence-electron chi connectivity index (χ4n) is 1.60. The number of rotatable bonds is 7. The Morgan fingerprint density at radius 3 is 2.83 bits per heavy atom. The lowest BCUT2D eigenvalue weighted by atomic mass is 10.1. The van der Waals surface area contributed by atoms with Crippen molar-refractivity contribution in [1.82, 2.24) is 10.6 Å². The fraction of sp³-hybridized carbons (Fsp3) is 0.500. The number of carbonyl (C=O) groups excluding carboxylic acids is 1. The maximum Gasteiger partial charge on any atom is 0.315 e. The van der Waals surface area contributed by atoms with Crippen LogP contribution in [-0.2, 0) is 11.3 Å². The molecule has 0 bridgehead atoms. The van der Waals surface area contributed by atoms with Gasteiger partial charge in [-0.15, -0.1) is 0 Å². The third-order valence-electron chi connectivity index (χ3n) is 2.43. The first kappa shape index (κ1) is 14.1. The molecule has 0 radical (unpaired) electrons. The van der Waals surface area contributed by atoms with Crippen LogP contribution in [0.3, 0.4) is 0 Å². The van der Waals surface area contributed by atoms with Crippen LogP contribution in [0.2, 0.25) is 0 Å². The van der Waals surface area contributed by atoms with Crippen LogP contribution < -0.4 is 10.6 Å². The molecule has 0 aliphatic rings. The van der Waals surface area contributed by atoms with Gasteiger partial charge < -0.3 is 20.2 Å². The molecule has 0 spiro atoms. The van der Waals surface area contributed by atoms with Crippen molar-refractivity contribution < 1.29 is 19.1 Å². The number of furan rings is 1. The third-order valence-corrected chi connectivity index (χ3v) is 2.43. The molecule has 6 heteroatoms. The summed E-state index contributed by atoms with van der Waals surface area (Å²) in [5.74, 6) is -0.913. The van der Waals surface area contributed by atoms with Gasteiger partial charge in [-0.3, -0.25) is 4.79 Å². The lowest BCUT2D eigenvalue weighted by Crippen LogP contribution is -2.42. The van der Waals surface area contributed by atoms with E-state index in [1.807, 2.05) is 6.92 Å². The number of urea groups is 1. The number of hydrogen-bond acceptors (Lipinski definition) is 3. The van der Waals surface area contributed by atoms with Crippen molar-refractivity contribution in [3.63, 3.8) is 0 Å². The Bertz CT molecular complexity index is 375. The van der Waals surface area contributed by atoms with Crippen LogP contribution in [-0.4, -0.2) is 23.1 Å². The Kier molecular flexibility index (Phi) is 5.76. The number of aliphatic carboxylic acids is 1. The van der Waals surface area contributed by atoms with E-state index in [1.165, 1.54) is 6.26 Å². The minimum atomic E-state index is -0.913. The molecular formula is C12H18N2O4. The summed E-state index contributed by atoms with van der Waals surface area (Å²) in [5, 5.41) is 14.0. The molecule has 0 saturated heterocycles. The first-order chi connectivity index (χ1) is 8.61. The third kappa shape index (κ3) is 5.38. The van der Waals surface area contributed by atoms with Crippen molar-refractivity contribution in [2.45, 2.75) is 38.8 Å². The Labute approximate surface area is 105 Å². The molecule has 0 aromatic carbocycles. The molecular weight excluding hydrogens is 236 g/mol. The van der Waals surface area contributed by atoms with Crippen molar-refractivity contribution in [1.29, 1.82) is 0 Å². The minimum absolute atomic E-state index is 0.0625. The molecule has 2 amide bonds.